The third kappa shape index (κ3) is 1.13. The molecule has 3 heteroatoms. The summed E-state index contributed by atoms with van der Waals surface area (Å²) in [6.45, 7) is 0. The molecule has 2 nitrogen and oxygen atoms in total. The van der Waals surface area contributed by atoms with E-state index < -0.39 is 0 Å². The van der Waals surface area contributed by atoms with Crippen LogP contribution in [0.1, 0.15) is 6.42 Å². The minimum atomic E-state index is -0.220. The fourth-order valence-corrected chi connectivity index (χ4v) is 1.69. The predicted octanol–water partition coefficient (Wildman–Crippen LogP) is 2.37. The van der Waals surface area contributed by atoms with Gasteiger partial charge in [-0.1, -0.05) is 30.4 Å². The molecule has 68 valence electrons. The van der Waals surface area contributed by atoms with Crippen molar-refractivity contribution in [2.24, 2.45) is 0 Å². The lowest BCUT2D eigenvalue weighted by Crippen LogP contribution is -2.26. The maximum atomic E-state index is 5.66. The van der Waals surface area contributed by atoms with Gasteiger partial charge < -0.3 is 9.31 Å². The second-order valence-electron chi connectivity index (χ2n) is 3.39. The van der Waals surface area contributed by atoms with Gasteiger partial charge in [-0.2, -0.15) is 0 Å². The van der Waals surface area contributed by atoms with Crippen LogP contribution in [0.25, 0.3) is 0 Å². The molecule has 0 aromatic heterocycles. The number of para-hydroxylation sites is 2. The minimum absolute atomic E-state index is 0.220. The number of hydrogen-bond acceptors (Lipinski definition) is 2. The molecule has 1 aliphatic heterocycles. The molecule has 0 unspecified atom stereocenters. The first-order valence-electron chi connectivity index (χ1n) is 4.71. The SMILES string of the molecule is C1=CCC(B2Oc3ccccc3O2)=C1. The van der Waals surface area contributed by atoms with Crippen LogP contribution >= 0.6 is 0 Å². The molecule has 1 heterocycles. The van der Waals surface area contributed by atoms with Crippen molar-refractivity contribution in [3.63, 3.8) is 0 Å². The molecule has 0 atom stereocenters. The van der Waals surface area contributed by atoms with Gasteiger partial charge >= 0.3 is 7.12 Å². The Hall–Kier alpha value is -1.64. The number of rotatable bonds is 1. The van der Waals surface area contributed by atoms with E-state index in [9.17, 15) is 0 Å². The maximum Gasteiger partial charge on any atom is 0.628 e. The van der Waals surface area contributed by atoms with E-state index in [1.165, 1.54) is 5.47 Å². The molecule has 2 aliphatic rings. The van der Waals surface area contributed by atoms with Crippen molar-refractivity contribution in [3.8, 4) is 11.5 Å². The lowest BCUT2D eigenvalue weighted by atomic mass is 9.78. The average molecular weight is 184 g/mol. The molecule has 0 amide bonds. The largest absolute Gasteiger partial charge is 0.628 e. The second kappa shape index (κ2) is 2.94. The standard InChI is InChI=1S/C11H9BO2/c1-2-6-9(5-1)12-13-10-7-3-4-8-11(10)14-12/h1-5,7-8H,6H2. The fraction of sp³-hybridized carbons (Fsp3) is 0.0909. The van der Waals surface area contributed by atoms with Crippen LogP contribution in [-0.2, 0) is 0 Å². The summed E-state index contributed by atoms with van der Waals surface area (Å²) in [6.07, 6.45) is 7.12. The fourth-order valence-electron chi connectivity index (χ4n) is 1.69. The smallest absolute Gasteiger partial charge is 0.519 e. The third-order valence-electron chi connectivity index (χ3n) is 2.42. The summed E-state index contributed by atoms with van der Waals surface area (Å²) < 4.78 is 11.3. The van der Waals surface area contributed by atoms with Gasteiger partial charge in [-0.25, -0.2) is 0 Å². The van der Waals surface area contributed by atoms with Crippen LogP contribution < -0.4 is 9.31 Å². The van der Waals surface area contributed by atoms with Crippen LogP contribution in [0.2, 0.25) is 0 Å². The Morgan fingerprint density at radius 2 is 1.79 bits per heavy atom. The molecule has 0 bridgehead atoms. The highest BCUT2D eigenvalue weighted by Gasteiger charge is 2.35. The van der Waals surface area contributed by atoms with Crippen LogP contribution in [0, 0.1) is 0 Å². The van der Waals surface area contributed by atoms with E-state index in [-0.39, 0.29) is 7.12 Å². The minimum Gasteiger partial charge on any atom is -0.519 e. The monoisotopic (exact) mass is 184 g/mol. The lowest BCUT2D eigenvalue weighted by molar-refractivity contribution is 0.510. The van der Waals surface area contributed by atoms with Crippen LogP contribution in [0.15, 0.2) is 48.0 Å². The van der Waals surface area contributed by atoms with Crippen LogP contribution in [0.5, 0.6) is 11.5 Å². The van der Waals surface area contributed by atoms with E-state index in [0.717, 1.165) is 17.9 Å². The number of hydrogen-bond donors (Lipinski definition) is 0. The van der Waals surface area contributed by atoms with Crippen molar-refractivity contribution >= 4 is 7.12 Å². The van der Waals surface area contributed by atoms with Crippen molar-refractivity contribution in [1.82, 2.24) is 0 Å². The van der Waals surface area contributed by atoms with Crippen molar-refractivity contribution in [2.75, 3.05) is 0 Å². The van der Waals surface area contributed by atoms with Crippen molar-refractivity contribution < 1.29 is 9.31 Å². The van der Waals surface area contributed by atoms with Crippen molar-refractivity contribution in [1.29, 1.82) is 0 Å². The molecule has 1 aromatic carbocycles. The normalized spacial score (nSPS) is 17.4. The molecule has 1 aromatic rings. The Morgan fingerprint density at radius 3 is 2.36 bits per heavy atom. The second-order valence-corrected chi connectivity index (χ2v) is 3.39. The molecular formula is C11H9BO2. The Labute approximate surface area is 83.0 Å². The lowest BCUT2D eigenvalue weighted by Gasteiger charge is -2.04. The van der Waals surface area contributed by atoms with Crippen LogP contribution in [-0.4, -0.2) is 7.12 Å². The number of benzene rings is 1. The van der Waals surface area contributed by atoms with Gasteiger partial charge in [0.15, 0.2) is 0 Å². The topological polar surface area (TPSA) is 18.5 Å². The molecule has 0 spiro atoms. The van der Waals surface area contributed by atoms with Gasteiger partial charge in [0.05, 0.1) is 0 Å². The van der Waals surface area contributed by atoms with Gasteiger partial charge in [-0.15, -0.1) is 0 Å². The molecule has 1 aliphatic carbocycles. The third-order valence-corrected chi connectivity index (χ3v) is 2.42. The zero-order valence-corrected chi connectivity index (χ0v) is 7.64. The van der Waals surface area contributed by atoms with Crippen LogP contribution in [0.4, 0.5) is 0 Å². The highest BCUT2D eigenvalue weighted by molar-refractivity contribution is 6.56. The highest BCUT2D eigenvalue weighted by atomic mass is 16.6. The summed E-state index contributed by atoms with van der Waals surface area (Å²) in [4.78, 5) is 0. The average Bonchev–Trinajstić information content (AvgIpc) is 2.86. The van der Waals surface area contributed by atoms with E-state index in [0.29, 0.717) is 0 Å². The molecular weight excluding hydrogens is 175 g/mol. The number of allylic oxidation sites excluding steroid dienone is 4. The summed E-state index contributed by atoms with van der Waals surface area (Å²) in [5, 5.41) is 0. The predicted molar refractivity (Wildman–Crippen MR) is 55.3 cm³/mol. The first-order valence-corrected chi connectivity index (χ1v) is 4.71. The molecule has 0 fully saturated rings. The summed E-state index contributed by atoms with van der Waals surface area (Å²) in [7, 11) is -0.220. The van der Waals surface area contributed by atoms with Gasteiger partial charge in [0.1, 0.15) is 11.5 Å². The summed E-state index contributed by atoms with van der Waals surface area (Å²) >= 11 is 0. The zero-order chi connectivity index (χ0) is 9.38. The molecule has 0 N–H and O–H groups in total. The summed E-state index contributed by atoms with van der Waals surface area (Å²) in [6, 6.07) is 7.76. The maximum absolute atomic E-state index is 5.66. The Balaban J connectivity index is 1.85. The summed E-state index contributed by atoms with van der Waals surface area (Å²) in [5.74, 6) is 1.68. The van der Waals surface area contributed by atoms with E-state index in [1.807, 2.05) is 30.3 Å². The Kier molecular flexibility index (Phi) is 1.63. The van der Waals surface area contributed by atoms with Gasteiger partial charge in [-0.3, -0.25) is 0 Å². The van der Waals surface area contributed by atoms with E-state index in [4.69, 9.17) is 9.31 Å². The molecule has 0 radical (unpaired) electrons. The number of fused-ring (bicyclic) bond motifs is 1. The van der Waals surface area contributed by atoms with Crippen LogP contribution in [0.3, 0.4) is 0 Å². The van der Waals surface area contributed by atoms with E-state index in [1.54, 1.807) is 0 Å². The molecule has 14 heavy (non-hydrogen) atoms. The molecule has 0 saturated carbocycles. The summed E-state index contributed by atoms with van der Waals surface area (Å²) in [5.41, 5.74) is 1.18. The van der Waals surface area contributed by atoms with Gasteiger partial charge in [0, 0.05) is 0 Å². The Bertz CT molecular complexity index is 398. The van der Waals surface area contributed by atoms with Crippen molar-refractivity contribution in [3.05, 3.63) is 48.0 Å². The van der Waals surface area contributed by atoms with Gasteiger partial charge in [0.25, 0.3) is 0 Å². The van der Waals surface area contributed by atoms with Crippen molar-refractivity contribution in [2.45, 2.75) is 6.42 Å². The first-order chi connectivity index (χ1) is 6.93. The quantitative estimate of drug-likeness (QED) is 0.623. The molecule has 3 rings (SSSR count). The zero-order valence-electron chi connectivity index (χ0n) is 7.64. The molecule has 0 saturated heterocycles. The van der Waals surface area contributed by atoms with E-state index in [2.05, 4.69) is 12.2 Å². The highest BCUT2D eigenvalue weighted by Crippen LogP contribution is 2.35. The Morgan fingerprint density at radius 1 is 1.07 bits per heavy atom. The van der Waals surface area contributed by atoms with Gasteiger partial charge in [-0.05, 0) is 24.0 Å². The van der Waals surface area contributed by atoms with E-state index >= 15 is 0 Å². The first kappa shape index (κ1) is 7.74. The van der Waals surface area contributed by atoms with Gasteiger partial charge in [0.2, 0.25) is 0 Å².